The molecule has 37 nitrogen and oxygen atoms in total. The molecule has 114 heavy (non-hydrogen) atoms. The van der Waals surface area contributed by atoms with Gasteiger partial charge in [-0.15, -0.1) is 0 Å². The van der Waals surface area contributed by atoms with Gasteiger partial charge in [-0.2, -0.15) is 0 Å². The van der Waals surface area contributed by atoms with Crippen LogP contribution in [0.4, 0.5) is 25.1 Å². The summed E-state index contributed by atoms with van der Waals surface area (Å²) < 4.78 is 126. The molecule has 2 unspecified atom stereocenters. The van der Waals surface area contributed by atoms with Crippen LogP contribution >= 0.6 is 26.0 Å². The molecule has 5 saturated heterocycles. The number of aromatic nitrogens is 6. The molecule has 8 heterocycles. The maximum atomic E-state index is 16.7. The van der Waals surface area contributed by atoms with Gasteiger partial charge >= 0.3 is 38.3 Å². The fraction of sp³-hybridized carbons (Fsp3) is 0.521. The number of halogens is 2. The van der Waals surface area contributed by atoms with Gasteiger partial charge in [0.25, 0.3) is 5.56 Å². The first-order chi connectivity index (χ1) is 54.1. The van der Waals surface area contributed by atoms with Crippen LogP contribution in [-0.2, 0) is 77.7 Å². The Morgan fingerprint density at radius 1 is 0.763 bits per heavy atom. The summed E-state index contributed by atoms with van der Waals surface area (Å²) in [5, 5.41) is 49.8. The zero-order chi connectivity index (χ0) is 80.7. The number of nitrogens with zero attached hydrogens (tertiary/aromatic N) is 6. The van der Waals surface area contributed by atoms with Crippen LogP contribution in [0.1, 0.15) is 125 Å². The van der Waals surface area contributed by atoms with Gasteiger partial charge in [-0.3, -0.25) is 53.0 Å². The van der Waals surface area contributed by atoms with Gasteiger partial charge in [0, 0.05) is 68.0 Å². The van der Waals surface area contributed by atoms with E-state index in [0.717, 1.165) is 74.4 Å². The van der Waals surface area contributed by atoms with Gasteiger partial charge in [0.15, 0.2) is 48.3 Å². The number of carbonyl (C=O) groups excluding carboxylic acids is 5. The Morgan fingerprint density at radius 2 is 1.41 bits per heavy atom. The number of hydrogen-bond donors (Lipinski definition) is 10. The summed E-state index contributed by atoms with van der Waals surface area (Å²) in [6, 6.07) is 16.9. The van der Waals surface area contributed by atoms with Crippen molar-refractivity contribution in [1.29, 1.82) is 0 Å². The molecular weight excluding hydrogens is 1720 g/mol. The second-order valence-electron chi connectivity index (χ2n) is 27.5. The summed E-state index contributed by atoms with van der Waals surface area (Å²) in [5.41, 5.74) is 5.28. The molecule has 43 heteroatoms. The number of carbonyl (C=O) groups is 6. The van der Waals surface area contributed by atoms with Gasteiger partial charge in [0.1, 0.15) is 78.4 Å². The molecule has 5 aliphatic rings. The SMILES string of the molecule is CC(C)[C@H](NCCCCCN1C(=O)[CH-]CC1=O)C(=O)Nc1cc(COC(=O)NCCCCCCCCCCOc2ccc(C(=O)Oc3ccc(CSP4(=O)OC[C@H]5O[C@@H](n6cnc7c(N)ncnc76)[C@H](F)[C@@H]5OP(=O)(O)OC[C@H]5O[C@@H](n6ccc(=O)[nH]c6=O)[C@H](F)[C@@H]5O4)cc3)cc2)ccc1O[C@H]1O[C@H](C(=O)O)[C@@H](O)[C@H](O)[C@H]1O.[Tm]. The van der Waals surface area contributed by atoms with E-state index in [-0.39, 0.29) is 113 Å². The third-order valence-electron chi connectivity index (χ3n) is 19.0. The minimum atomic E-state index is -5.29. The number of aliphatic carboxylic acids is 1. The first-order valence-electron chi connectivity index (χ1n) is 36.6. The van der Waals surface area contributed by atoms with Crippen molar-refractivity contribution in [2.24, 2.45) is 5.92 Å². The number of nitrogen functional groups attached to an aromatic ring is 1. The number of likely N-dealkylation sites (tertiary alicyclic amines) is 1. The topological polar surface area (TPSA) is 503 Å². The largest absolute Gasteiger partial charge is 0.494 e. The summed E-state index contributed by atoms with van der Waals surface area (Å²) in [6.45, 7) is -1.66. The van der Waals surface area contributed by atoms with Crippen LogP contribution in [0.3, 0.4) is 0 Å². The summed E-state index contributed by atoms with van der Waals surface area (Å²) in [6.07, 6.45) is -12.0. The number of fused-ring (bicyclic) bond motifs is 3. The number of alkyl halides is 2. The fourth-order valence-corrected chi connectivity index (χ4v) is 17.2. The minimum absolute atomic E-state index is 0. The second-order valence-corrected chi connectivity index (χ2v) is 32.9. The number of aliphatic hydroxyl groups excluding tert-OH is 3. The molecule has 3 aromatic carbocycles. The summed E-state index contributed by atoms with van der Waals surface area (Å²) in [7, 11) is -5.29. The number of phosphoric ester groups is 1. The molecule has 4 amide bonds. The zero-order valence-electron chi connectivity index (χ0n) is 61.4. The van der Waals surface area contributed by atoms with Crippen LogP contribution in [-0.4, -0.2) is 208 Å². The Balaban J connectivity index is 0.0000138. The smallest absolute Gasteiger partial charge is 0.472 e. The van der Waals surface area contributed by atoms with E-state index >= 15 is 13.3 Å². The number of esters is 1. The van der Waals surface area contributed by atoms with Crippen LogP contribution in [0.25, 0.3) is 11.2 Å². The van der Waals surface area contributed by atoms with Crippen LogP contribution in [0.5, 0.6) is 17.2 Å². The van der Waals surface area contributed by atoms with E-state index in [1.165, 1.54) is 41.7 Å². The molecule has 3 aromatic heterocycles. The number of aromatic amines is 1. The van der Waals surface area contributed by atoms with E-state index in [1.54, 1.807) is 36.4 Å². The van der Waals surface area contributed by atoms with Crippen LogP contribution < -0.4 is 47.1 Å². The van der Waals surface area contributed by atoms with Gasteiger partial charge in [-0.25, -0.2) is 52.0 Å². The van der Waals surface area contributed by atoms with Gasteiger partial charge in [-0.1, -0.05) is 83.4 Å². The Kier molecular flexibility index (Phi) is 31.9. The number of ether oxygens (including phenoxy) is 7. The predicted molar refractivity (Wildman–Crippen MR) is 394 cm³/mol. The summed E-state index contributed by atoms with van der Waals surface area (Å²) in [4.78, 5) is 127. The molecule has 16 atom stereocenters. The number of nitrogens with two attached hydrogens (primary N) is 1. The van der Waals surface area contributed by atoms with Crippen molar-refractivity contribution in [3.8, 4) is 17.2 Å². The number of rotatable bonds is 34. The molecule has 0 bridgehead atoms. The molecule has 5 fully saturated rings. The summed E-state index contributed by atoms with van der Waals surface area (Å²) in [5.74, 6) is -3.21. The van der Waals surface area contributed by atoms with E-state index in [2.05, 4.69) is 30.9 Å². The number of amides is 4. The number of imide groups is 1. The normalized spacial score (nSPS) is 26.6. The standard InChI is InChI=1S/C71H88F2N11O26P2S.Tm/c1-39(2)54(75-27-11-9-12-29-82-50(86)24-25-51(82)87)64(91)80-45-32-41(16-23-46(45)107-69-58(90)56(88)57(89)61(108-69)67(92)93)33-101-71(96)76-28-10-7-5-3-4-6-8-13-31-100-43-21-17-42(18-22-43)68(94)104-44-19-14-40(15-20-44)36-113-112(99)103-35-48-59(52(72)66(106-48)84-38-79-55-62(74)77-37-78-63(55)84)109-111(97,98)102-34-47-60(110-112)53(73)65(105-47)83-30-26-49(85)81-70(83)95;/h14-24,26,30,32,37-39,47-48,52-54,56-61,65-66,69,75,88-90H,3-13,25,27-29,31,33-36H2,1-2H3,(H,76,96)(H,80,91)(H,92,93)(H,97,98)(H2,74,77,78)(H,81,85,95);/q-1;/t47-,48-,52-,53-,54+,56+,57+,58-,59-,60-,61+,65-,66-,69+,112?;/m1./s1. The van der Waals surface area contributed by atoms with Gasteiger partial charge in [0.2, 0.25) is 12.2 Å². The summed E-state index contributed by atoms with van der Waals surface area (Å²) >= 11 is 0.559. The minimum Gasteiger partial charge on any atom is -0.494 e. The number of carboxylic acid groups (broad SMARTS) is 1. The van der Waals surface area contributed by atoms with E-state index in [1.807, 2.05) is 18.8 Å². The van der Waals surface area contributed by atoms with E-state index in [9.17, 15) is 68.2 Å². The zero-order valence-corrected chi connectivity index (χ0v) is 65.8. The molecule has 0 aliphatic carbocycles. The quantitative estimate of drug-likeness (QED) is 0.00553. The molecule has 627 valence electrons. The van der Waals surface area contributed by atoms with Gasteiger partial charge in [-0.05, 0) is 109 Å². The monoisotopic (exact) mass is 1810 g/mol. The molecule has 6 aromatic rings. The maximum absolute atomic E-state index is 16.7. The second kappa shape index (κ2) is 41.0. The fourth-order valence-electron chi connectivity index (χ4n) is 12.9. The van der Waals surface area contributed by atoms with Crippen molar-refractivity contribution >= 4 is 84.4 Å². The number of phosphoric acid groups is 1. The Morgan fingerprint density at radius 3 is 2.10 bits per heavy atom. The molecule has 1 radical (unpaired) electrons. The number of unbranched alkanes of at least 4 members (excludes halogenated alkanes) is 9. The van der Waals surface area contributed by atoms with Crippen molar-refractivity contribution in [2.75, 3.05) is 50.5 Å². The Bertz CT molecular complexity index is 4530. The van der Waals surface area contributed by atoms with Gasteiger partial charge < -0.3 is 89.9 Å². The van der Waals surface area contributed by atoms with E-state index in [4.69, 9.17) is 57.0 Å². The molecule has 11 N–H and O–H groups in total. The predicted octanol–water partition coefficient (Wildman–Crippen LogP) is 5.99. The first-order valence-corrected chi connectivity index (χ1v) is 41.2. The van der Waals surface area contributed by atoms with E-state index in [0.29, 0.717) is 84.7 Å². The number of hydrogen-bond acceptors (Lipinski definition) is 30. The van der Waals surface area contributed by atoms with Crippen LogP contribution in [0.15, 0.2) is 101 Å². The number of aliphatic hydroxyl groups is 3. The molecule has 5 aliphatic heterocycles. The van der Waals surface area contributed by atoms with Gasteiger partial charge in [0.05, 0.1) is 49.3 Å². The number of imidazole rings is 1. The average Bonchev–Trinajstić information content (AvgIpc) is 1.45. The maximum Gasteiger partial charge on any atom is 0.472 e. The Hall–Kier alpha value is -7.60. The number of anilines is 2. The van der Waals surface area contributed by atoms with Crippen molar-refractivity contribution in [3.63, 3.8) is 0 Å². The van der Waals surface area contributed by atoms with Crippen molar-refractivity contribution < 1.29 is 160 Å². The molecule has 11 rings (SSSR count). The first kappa shape index (κ1) is 88.8. The van der Waals surface area contributed by atoms with Crippen molar-refractivity contribution in [1.82, 2.24) is 44.6 Å². The third kappa shape index (κ3) is 23.2. The number of nitrogens with one attached hydrogen (secondary N) is 4. The van der Waals surface area contributed by atoms with Crippen molar-refractivity contribution in [2.45, 2.75) is 189 Å². The molecular formula is C71H88F2N11O26P2STm-. The molecule has 0 spiro atoms. The number of alkyl carbamates (subject to hydrolysis) is 1. The average molecular weight is 1810 g/mol. The Labute approximate surface area is 683 Å². The number of carboxylic acids is 1. The van der Waals surface area contributed by atoms with Crippen LogP contribution in [0, 0.1) is 49.2 Å². The van der Waals surface area contributed by atoms with Crippen LogP contribution in [0.2, 0.25) is 0 Å². The molecule has 0 saturated carbocycles. The number of benzene rings is 3. The van der Waals surface area contributed by atoms with E-state index < -0.39 is 149 Å². The number of H-pyrrole nitrogens is 1. The third-order valence-corrected chi connectivity index (χ3v) is 23.6. The van der Waals surface area contributed by atoms with Crippen molar-refractivity contribution in [3.05, 3.63) is 136 Å².